The average Bonchev–Trinajstić information content (AvgIpc) is 2.98. The Kier molecular flexibility index (Phi) is 6.28. The van der Waals surface area contributed by atoms with E-state index >= 15 is 0 Å². The van der Waals surface area contributed by atoms with Crippen LogP contribution in [-0.4, -0.2) is 31.8 Å². The molecule has 0 bridgehead atoms. The highest BCUT2D eigenvalue weighted by atomic mass is 35.5. The molecule has 1 heterocycles. The molecule has 5 nitrogen and oxygen atoms in total. The van der Waals surface area contributed by atoms with Crippen molar-refractivity contribution >= 4 is 33.0 Å². The van der Waals surface area contributed by atoms with Gasteiger partial charge in [-0.3, -0.25) is 9.18 Å². The van der Waals surface area contributed by atoms with Gasteiger partial charge in [0.2, 0.25) is 0 Å². The Morgan fingerprint density at radius 2 is 1.80 bits per heavy atom. The first-order valence-corrected chi connectivity index (χ1v) is 11.2. The number of sulfone groups is 1. The van der Waals surface area contributed by atoms with Gasteiger partial charge in [0.1, 0.15) is 5.82 Å². The Bertz CT molecular complexity index is 1210. The summed E-state index contributed by atoms with van der Waals surface area (Å²) in [7, 11) is -3.34. The molecule has 0 atom stereocenters. The number of nitrogens with zero attached hydrogens (tertiary/aromatic N) is 1. The molecule has 30 heavy (non-hydrogen) atoms. The van der Waals surface area contributed by atoms with Gasteiger partial charge < -0.3 is 9.88 Å². The zero-order valence-corrected chi connectivity index (χ0v) is 17.8. The molecule has 0 spiro atoms. The minimum absolute atomic E-state index is 0.0465. The van der Waals surface area contributed by atoms with E-state index < -0.39 is 28.2 Å². The highest BCUT2D eigenvalue weighted by Crippen LogP contribution is 2.28. The molecular weight excluding hydrogens is 434 g/mol. The fourth-order valence-corrected chi connectivity index (χ4v) is 4.05. The maximum Gasteiger partial charge on any atom is 0.257 e. The van der Waals surface area contributed by atoms with Crippen molar-refractivity contribution in [3.63, 3.8) is 0 Å². The van der Waals surface area contributed by atoms with Crippen LogP contribution in [0.3, 0.4) is 0 Å². The standard InChI is InChI=1S/C21H19ClF2N2O3S/c1-13-18(21(27)25-15-4-6-17(7-5-15)30(2,28)29)12-16(9-10-23)26(13)20-8-3-14(24)11-19(20)22/h3-8,11-12H,9-10H2,1-2H3,(H,25,27). The normalized spacial score (nSPS) is 11.5. The van der Waals surface area contributed by atoms with Crippen LogP contribution >= 0.6 is 11.6 Å². The first-order valence-electron chi connectivity index (χ1n) is 8.96. The van der Waals surface area contributed by atoms with Crippen molar-refractivity contribution in [1.82, 2.24) is 4.57 Å². The number of nitrogens with one attached hydrogen (secondary N) is 1. The summed E-state index contributed by atoms with van der Waals surface area (Å²) in [5.41, 5.74) is 2.17. The Labute approximate surface area is 178 Å². The summed E-state index contributed by atoms with van der Waals surface area (Å²) >= 11 is 6.17. The first-order chi connectivity index (χ1) is 14.1. The number of rotatable bonds is 6. The SMILES string of the molecule is Cc1c(C(=O)Nc2ccc(S(C)(=O)=O)cc2)cc(CCF)n1-c1ccc(F)cc1Cl. The van der Waals surface area contributed by atoms with Crippen LogP contribution in [0.2, 0.25) is 5.02 Å². The summed E-state index contributed by atoms with van der Waals surface area (Å²) < 4.78 is 51.3. The third-order valence-electron chi connectivity index (χ3n) is 4.61. The number of benzene rings is 2. The van der Waals surface area contributed by atoms with Gasteiger partial charge in [0, 0.05) is 29.8 Å². The molecule has 0 saturated heterocycles. The monoisotopic (exact) mass is 452 g/mol. The van der Waals surface area contributed by atoms with Crippen molar-refractivity contribution in [2.45, 2.75) is 18.2 Å². The Morgan fingerprint density at radius 3 is 2.37 bits per heavy atom. The number of hydrogen-bond acceptors (Lipinski definition) is 3. The average molecular weight is 453 g/mol. The predicted octanol–water partition coefficient (Wildman–Crippen LogP) is 4.75. The number of halogens is 3. The summed E-state index contributed by atoms with van der Waals surface area (Å²) in [5, 5.41) is 2.84. The number of carbonyl (C=O) groups excluding carboxylic acids is 1. The van der Waals surface area contributed by atoms with Crippen molar-refractivity contribution < 1.29 is 22.0 Å². The Balaban J connectivity index is 1.97. The summed E-state index contributed by atoms with van der Waals surface area (Å²) in [6, 6.07) is 11.2. The molecule has 0 radical (unpaired) electrons. The molecule has 0 aliphatic rings. The molecule has 0 aliphatic carbocycles. The van der Waals surface area contributed by atoms with Crippen LogP contribution in [0, 0.1) is 12.7 Å². The van der Waals surface area contributed by atoms with Gasteiger partial charge in [0.15, 0.2) is 9.84 Å². The minimum Gasteiger partial charge on any atom is -0.322 e. The quantitative estimate of drug-likeness (QED) is 0.587. The molecule has 0 unspecified atom stereocenters. The van der Waals surface area contributed by atoms with E-state index in [1.165, 1.54) is 36.4 Å². The summed E-state index contributed by atoms with van der Waals surface area (Å²) in [5.74, 6) is -0.951. The van der Waals surface area contributed by atoms with E-state index in [4.69, 9.17) is 11.6 Å². The lowest BCUT2D eigenvalue weighted by Crippen LogP contribution is -2.13. The number of aromatic nitrogens is 1. The third kappa shape index (κ3) is 4.55. The van der Waals surface area contributed by atoms with E-state index in [-0.39, 0.29) is 16.3 Å². The molecule has 0 saturated carbocycles. The second kappa shape index (κ2) is 8.57. The van der Waals surface area contributed by atoms with Crippen LogP contribution in [0.5, 0.6) is 0 Å². The topological polar surface area (TPSA) is 68.2 Å². The van der Waals surface area contributed by atoms with Gasteiger partial charge in [0.05, 0.1) is 27.8 Å². The number of alkyl halides is 1. The molecule has 0 fully saturated rings. The lowest BCUT2D eigenvalue weighted by molar-refractivity contribution is 0.102. The van der Waals surface area contributed by atoms with Crippen molar-refractivity contribution in [2.24, 2.45) is 0 Å². The molecule has 9 heteroatoms. The Morgan fingerprint density at radius 1 is 1.13 bits per heavy atom. The molecule has 1 amide bonds. The van der Waals surface area contributed by atoms with Crippen LogP contribution in [0.15, 0.2) is 53.4 Å². The molecule has 3 rings (SSSR count). The zero-order valence-electron chi connectivity index (χ0n) is 16.2. The molecular formula is C21H19ClF2N2O3S. The van der Waals surface area contributed by atoms with Gasteiger partial charge in [-0.25, -0.2) is 12.8 Å². The second-order valence-electron chi connectivity index (χ2n) is 6.76. The molecule has 158 valence electrons. The number of aryl methyl sites for hydroxylation is 1. The van der Waals surface area contributed by atoms with E-state index in [1.54, 1.807) is 17.6 Å². The molecule has 2 aromatic carbocycles. The molecule has 3 aromatic rings. The first kappa shape index (κ1) is 22.0. The van der Waals surface area contributed by atoms with E-state index in [0.717, 1.165) is 12.3 Å². The molecule has 1 N–H and O–H groups in total. The van der Waals surface area contributed by atoms with Gasteiger partial charge >= 0.3 is 0 Å². The lowest BCUT2D eigenvalue weighted by Gasteiger charge is -2.13. The van der Waals surface area contributed by atoms with Gasteiger partial charge in [-0.1, -0.05) is 11.6 Å². The van der Waals surface area contributed by atoms with Crippen LogP contribution < -0.4 is 5.32 Å². The maximum atomic E-state index is 13.4. The number of amides is 1. The van der Waals surface area contributed by atoms with Gasteiger partial charge in [-0.15, -0.1) is 0 Å². The minimum atomic E-state index is -3.34. The van der Waals surface area contributed by atoms with E-state index in [0.29, 0.717) is 28.3 Å². The smallest absolute Gasteiger partial charge is 0.257 e. The van der Waals surface area contributed by atoms with Gasteiger partial charge in [-0.2, -0.15) is 0 Å². The van der Waals surface area contributed by atoms with Crippen molar-refractivity contribution in [2.75, 3.05) is 18.2 Å². The lowest BCUT2D eigenvalue weighted by atomic mass is 10.2. The third-order valence-corrected chi connectivity index (χ3v) is 6.04. The van der Waals surface area contributed by atoms with Gasteiger partial charge in [-0.05, 0) is 55.5 Å². The number of hydrogen-bond donors (Lipinski definition) is 1. The van der Waals surface area contributed by atoms with E-state index in [9.17, 15) is 22.0 Å². The summed E-state index contributed by atoms with van der Waals surface area (Å²) in [4.78, 5) is 13.0. The highest BCUT2D eigenvalue weighted by Gasteiger charge is 2.20. The fourth-order valence-electron chi connectivity index (χ4n) is 3.16. The largest absolute Gasteiger partial charge is 0.322 e. The zero-order chi connectivity index (χ0) is 22.1. The maximum absolute atomic E-state index is 13.4. The van der Waals surface area contributed by atoms with Crippen molar-refractivity contribution in [3.05, 3.63) is 76.3 Å². The van der Waals surface area contributed by atoms with E-state index in [2.05, 4.69) is 5.32 Å². The predicted molar refractivity (Wildman–Crippen MR) is 113 cm³/mol. The molecule has 1 aromatic heterocycles. The number of anilines is 1. The van der Waals surface area contributed by atoms with Gasteiger partial charge in [0.25, 0.3) is 5.91 Å². The second-order valence-corrected chi connectivity index (χ2v) is 9.18. The Hall–Kier alpha value is -2.71. The van der Waals surface area contributed by atoms with Crippen LogP contribution in [0.1, 0.15) is 21.7 Å². The number of carbonyl (C=O) groups is 1. The summed E-state index contributed by atoms with van der Waals surface area (Å²) in [6.45, 7) is 1.04. The van der Waals surface area contributed by atoms with Crippen LogP contribution in [-0.2, 0) is 16.3 Å². The van der Waals surface area contributed by atoms with Crippen molar-refractivity contribution in [1.29, 1.82) is 0 Å². The molecule has 0 aliphatic heterocycles. The highest BCUT2D eigenvalue weighted by molar-refractivity contribution is 7.90. The van der Waals surface area contributed by atoms with Crippen molar-refractivity contribution in [3.8, 4) is 5.69 Å². The summed E-state index contributed by atoms with van der Waals surface area (Å²) in [6.07, 6.45) is 1.14. The van der Waals surface area contributed by atoms with Crippen LogP contribution in [0.25, 0.3) is 5.69 Å². The van der Waals surface area contributed by atoms with Crippen LogP contribution in [0.4, 0.5) is 14.5 Å². The van der Waals surface area contributed by atoms with E-state index in [1.807, 2.05) is 0 Å². The fraction of sp³-hybridized carbons (Fsp3) is 0.190.